The predicted octanol–water partition coefficient (Wildman–Crippen LogP) is 1.40. The maximum atomic E-state index is 11.6. The molecule has 0 amide bonds. The molecular formula is C10H23NO4S2. The lowest BCUT2D eigenvalue weighted by Crippen LogP contribution is -2.34. The Morgan fingerprint density at radius 3 is 1.88 bits per heavy atom. The number of primary sulfonamides is 1. The monoisotopic (exact) mass is 285 g/mol. The predicted molar refractivity (Wildman–Crippen MR) is 69.7 cm³/mol. The molecule has 0 heterocycles. The summed E-state index contributed by atoms with van der Waals surface area (Å²) < 4.78 is 43.6. The fraction of sp³-hybridized carbons (Fsp3) is 1.00. The highest BCUT2D eigenvalue weighted by Gasteiger charge is 2.29. The molecule has 104 valence electrons. The third-order valence-electron chi connectivity index (χ3n) is 2.75. The maximum absolute atomic E-state index is 11.6. The largest absolute Gasteiger partial charge is 0.228 e. The molecule has 0 rings (SSSR count). The van der Waals surface area contributed by atoms with E-state index < -0.39 is 24.4 Å². The van der Waals surface area contributed by atoms with Crippen LogP contribution in [0.15, 0.2) is 0 Å². The van der Waals surface area contributed by atoms with Gasteiger partial charge in [-0.15, -0.1) is 0 Å². The van der Waals surface area contributed by atoms with E-state index in [1.165, 1.54) is 0 Å². The third kappa shape index (κ3) is 7.00. The summed E-state index contributed by atoms with van der Waals surface area (Å²) in [7, 11) is -7.62. The first-order valence-electron chi connectivity index (χ1n) is 5.95. The van der Waals surface area contributed by atoms with Gasteiger partial charge in [-0.25, -0.2) is 22.0 Å². The molecule has 0 aromatic heterocycles. The molecule has 2 N–H and O–H groups in total. The van der Waals surface area contributed by atoms with Crippen molar-refractivity contribution < 1.29 is 16.8 Å². The van der Waals surface area contributed by atoms with Crippen molar-refractivity contribution in [1.29, 1.82) is 0 Å². The van der Waals surface area contributed by atoms with Crippen molar-refractivity contribution in [3.8, 4) is 0 Å². The van der Waals surface area contributed by atoms with Crippen molar-refractivity contribution in [3.05, 3.63) is 0 Å². The van der Waals surface area contributed by atoms with Crippen LogP contribution < -0.4 is 5.14 Å². The Morgan fingerprint density at radius 1 is 0.941 bits per heavy atom. The van der Waals surface area contributed by atoms with E-state index in [9.17, 15) is 16.8 Å². The van der Waals surface area contributed by atoms with Gasteiger partial charge in [-0.2, -0.15) is 0 Å². The van der Waals surface area contributed by atoms with Gasteiger partial charge in [-0.1, -0.05) is 39.0 Å². The second-order valence-corrected chi connectivity index (χ2v) is 8.92. The van der Waals surface area contributed by atoms with Gasteiger partial charge in [0.2, 0.25) is 10.0 Å². The molecule has 17 heavy (non-hydrogen) atoms. The van der Waals surface area contributed by atoms with E-state index >= 15 is 0 Å². The molecule has 1 atom stereocenters. The van der Waals surface area contributed by atoms with E-state index in [-0.39, 0.29) is 5.75 Å². The highest BCUT2D eigenvalue weighted by atomic mass is 32.3. The second kappa shape index (κ2) is 7.33. The molecule has 0 radical (unpaired) electrons. The van der Waals surface area contributed by atoms with Crippen LogP contribution in [0.1, 0.15) is 52.4 Å². The van der Waals surface area contributed by atoms with Gasteiger partial charge in [-0.3, -0.25) is 0 Å². The smallest absolute Gasteiger partial charge is 0.226 e. The molecule has 0 fully saturated rings. The summed E-state index contributed by atoms with van der Waals surface area (Å²) in [6.45, 7) is 3.24. The molecule has 0 aromatic carbocycles. The molecule has 0 saturated heterocycles. The Hall–Kier alpha value is -0.140. The van der Waals surface area contributed by atoms with Crippen molar-refractivity contribution in [3.63, 3.8) is 0 Å². The Labute approximate surface area is 105 Å². The molecule has 0 saturated carbocycles. The zero-order valence-corrected chi connectivity index (χ0v) is 12.2. The van der Waals surface area contributed by atoms with Crippen molar-refractivity contribution >= 4 is 19.9 Å². The van der Waals surface area contributed by atoms with Crippen molar-refractivity contribution in [2.45, 2.75) is 57.0 Å². The van der Waals surface area contributed by atoms with E-state index in [0.29, 0.717) is 6.42 Å². The van der Waals surface area contributed by atoms with Gasteiger partial charge < -0.3 is 0 Å². The summed E-state index contributed by atoms with van der Waals surface area (Å²) in [6.07, 6.45) is 5.71. The minimum Gasteiger partial charge on any atom is -0.228 e. The van der Waals surface area contributed by atoms with Crippen molar-refractivity contribution in [2.24, 2.45) is 5.14 Å². The molecule has 0 aliphatic rings. The first-order valence-corrected chi connectivity index (χ1v) is 9.27. The maximum Gasteiger partial charge on any atom is 0.226 e. The fourth-order valence-electron chi connectivity index (χ4n) is 1.45. The first kappa shape index (κ1) is 16.9. The number of hydrogen-bond acceptors (Lipinski definition) is 4. The summed E-state index contributed by atoms with van der Waals surface area (Å²) in [6, 6.07) is 0. The van der Waals surface area contributed by atoms with E-state index in [4.69, 9.17) is 5.14 Å². The number of hydrogen-bond donors (Lipinski definition) is 1. The first-order chi connectivity index (χ1) is 7.72. The lowest BCUT2D eigenvalue weighted by atomic mass is 10.1. The lowest BCUT2D eigenvalue weighted by molar-refractivity contribution is 0.572. The number of sulfone groups is 1. The Morgan fingerprint density at radius 2 is 1.41 bits per heavy atom. The van der Waals surface area contributed by atoms with E-state index in [1.54, 1.807) is 0 Å². The summed E-state index contributed by atoms with van der Waals surface area (Å²) in [5.74, 6) is -0.100. The van der Waals surface area contributed by atoms with Gasteiger partial charge in [0.05, 0.1) is 5.75 Å². The van der Waals surface area contributed by atoms with Gasteiger partial charge in [0.25, 0.3) is 0 Å². The minimum absolute atomic E-state index is 0.100. The fourth-order valence-corrected chi connectivity index (χ4v) is 4.32. The molecule has 0 aliphatic heterocycles. The minimum atomic E-state index is -4.00. The average molecular weight is 285 g/mol. The number of rotatable bonds is 9. The second-order valence-electron chi connectivity index (χ2n) is 4.29. The van der Waals surface area contributed by atoms with Crippen LogP contribution in [0.2, 0.25) is 0 Å². The molecule has 0 spiro atoms. The molecular weight excluding hydrogens is 262 g/mol. The van der Waals surface area contributed by atoms with Crippen LogP contribution in [0.3, 0.4) is 0 Å². The third-order valence-corrected chi connectivity index (χ3v) is 7.23. The Kier molecular flexibility index (Phi) is 7.27. The summed E-state index contributed by atoms with van der Waals surface area (Å²) in [5.41, 5.74) is 0. The van der Waals surface area contributed by atoms with Gasteiger partial charge in [0.1, 0.15) is 0 Å². The quantitative estimate of drug-likeness (QED) is 0.648. The highest BCUT2D eigenvalue weighted by Crippen LogP contribution is 2.11. The van der Waals surface area contributed by atoms with Crippen LogP contribution in [-0.2, 0) is 19.9 Å². The molecule has 1 unspecified atom stereocenters. The van der Waals surface area contributed by atoms with Crippen molar-refractivity contribution in [2.75, 3.05) is 5.75 Å². The number of nitrogens with two attached hydrogens (primary N) is 1. The standard InChI is InChI=1S/C10H23NO4S2/c1-3-4-5-6-7-8-9-16(12,13)10(2)17(11,14)15/h10H,3-9H2,1-2H3,(H2,11,14,15). The van der Waals surface area contributed by atoms with Crippen LogP contribution >= 0.6 is 0 Å². The molecule has 7 heteroatoms. The number of sulfonamides is 1. The molecule has 0 bridgehead atoms. The topological polar surface area (TPSA) is 94.3 Å². The van der Waals surface area contributed by atoms with Crippen LogP contribution in [0.4, 0.5) is 0 Å². The van der Waals surface area contributed by atoms with Crippen molar-refractivity contribution in [1.82, 2.24) is 0 Å². The van der Waals surface area contributed by atoms with Gasteiger partial charge in [0, 0.05) is 0 Å². The van der Waals surface area contributed by atoms with E-state index in [2.05, 4.69) is 6.92 Å². The van der Waals surface area contributed by atoms with Gasteiger partial charge in [-0.05, 0) is 13.3 Å². The lowest BCUT2D eigenvalue weighted by Gasteiger charge is -2.10. The van der Waals surface area contributed by atoms with Crippen LogP contribution in [0, 0.1) is 0 Å². The zero-order chi connectivity index (χ0) is 13.5. The van der Waals surface area contributed by atoms with Crippen LogP contribution in [-0.4, -0.2) is 27.2 Å². The summed E-state index contributed by atoms with van der Waals surface area (Å²) >= 11 is 0. The molecule has 0 aliphatic carbocycles. The SMILES string of the molecule is CCCCCCCCS(=O)(=O)C(C)S(N)(=O)=O. The van der Waals surface area contributed by atoms with E-state index in [0.717, 1.165) is 39.0 Å². The summed E-state index contributed by atoms with van der Waals surface area (Å²) in [5, 5.41) is 4.83. The number of unbranched alkanes of at least 4 members (excludes halogenated alkanes) is 5. The zero-order valence-electron chi connectivity index (χ0n) is 10.6. The van der Waals surface area contributed by atoms with Crippen LogP contribution in [0.5, 0.6) is 0 Å². The van der Waals surface area contributed by atoms with Gasteiger partial charge >= 0.3 is 0 Å². The normalized spacial score (nSPS) is 14.8. The van der Waals surface area contributed by atoms with Gasteiger partial charge in [0.15, 0.2) is 14.4 Å². The van der Waals surface area contributed by atoms with Crippen LogP contribution in [0.25, 0.3) is 0 Å². The summed E-state index contributed by atoms with van der Waals surface area (Å²) in [4.78, 5) is 0. The van der Waals surface area contributed by atoms with E-state index in [1.807, 2.05) is 0 Å². The Bertz CT molecular complexity index is 400. The molecule has 5 nitrogen and oxygen atoms in total. The average Bonchev–Trinajstić information content (AvgIpc) is 2.20. The highest BCUT2D eigenvalue weighted by molar-refractivity contribution is 8.08. The molecule has 0 aromatic rings. The Balaban J connectivity index is 4.04.